The molecule has 1 N–H and O–H groups in total. The highest BCUT2D eigenvalue weighted by Crippen LogP contribution is 2.21. The molecule has 0 radical (unpaired) electrons. The predicted molar refractivity (Wildman–Crippen MR) is 106 cm³/mol. The largest absolute Gasteiger partial charge is 0.462 e. The number of carbonyl (C=O) groups is 3. The van der Waals surface area contributed by atoms with E-state index in [1.54, 1.807) is 48.2 Å². The fraction of sp³-hybridized carbons (Fsp3) is 0.318. The van der Waals surface area contributed by atoms with E-state index >= 15 is 0 Å². The van der Waals surface area contributed by atoms with Crippen LogP contribution in [-0.4, -0.2) is 42.4 Å². The Morgan fingerprint density at radius 1 is 1.14 bits per heavy atom. The molecule has 1 aliphatic rings. The number of rotatable bonds is 7. The van der Waals surface area contributed by atoms with Gasteiger partial charge in [0.1, 0.15) is 5.82 Å². The molecule has 0 unspecified atom stereocenters. The van der Waals surface area contributed by atoms with Crippen LogP contribution in [-0.2, 0) is 20.7 Å². The second-order valence-corrected chi connectivity index (χ2v) is 6.90. The Kier molecular flexibility index (Phi) is 6.59. The number of halogens is 1. The molecule has 0 bridgehead atoms. The molecule has 0 saturated carbocycles. The third kappa shape index (κ3) is 5.40. The first-order valence-electron chi connectivity index (χ1n) is 9.56. The minimum Gasteiger partial charge on any atom is -0.462 e. The minimum absolute atomic E-state index is 0.0649. The Bertz CT molecular complexity index is 881. The summed E-state index contributed by atoms with van der Waals surface area (Å²) in [5, 5.41) is 2.79. The highest BCUT2D eigenvalue weighted by atomic mass is 19.1. The van der Waals surface area contributed by atoms with Gasteiger partial charge in [-0.15, -0.1) is 0 Å². The first-order valence-corrected chi connectivity index (χ1v) is 9.56. The molecule has 29 heavy (non-hydrogen) atoms. The molecule has 2 amide bonds. The normalized spacial score (nSPS) is 16.0. The van der Waals surface area contributed by atoms with Crippen molar-refractivity contribution >= 4 is 23.5 Å². The highest BCUT2D eigenvalue weighted by molar-refractivity contribution is 5.97. The van der Waals surface area contributed by atoms with E-state index in [2.05, 4.69) is 5.32 Å². The summed E-state index contributed by atoms with van der Waals surface area (Å²) < 4.78 is 17.9. The Morgan fingerprint density at radius 3 is 2.48 bits per heavy atom. The van der Waals surface area contributed by atoms with Gasteiger partial charge in [-0.05, 0) is 55.3 Å². The first-order chi connectivity index (χ1) is 14.0. The van der Waals surface area contributed by atoms with Crippen molar-refractivity contribution in [2.75, 3.05) is 25.0 Å². The van der Waals surface area contributed by atoms with Gasteiger partial charge in [0.15, 0.2) is 0 Å². The average Bonchev–Trinajstić information content (AvgIpc) is 3.09. The number of nitrogens with one attached hydrogen (secondary N) is 1. The molecule has 1 atom stereocenters. The van der Waals surface area contributed by atoms with E-state index in [1.807, 2.05) is 0 Å². The lowest BCUT2D eigenvalue weighted by molar-refractivity contribution is -0.128. The van der Waals surface area contributed by atoms with Crippen LogP contribution in [0.2, 0.25) is 0 Å². The SMILES string of the molecule is CCOC(=O)c1ccc(NC(=O)[C@@H]2CC(=O)N(CCc3ccc(F)cc3)C2)cc1. The molecule has 1 aliphatic heterocycles. The molecule has 7 heteroatoms. The van der Waals surface area contributed by atoms with Crippen LogP contribution in [0.25, 0.3) is 0 Å². The lowest BCUT2D eigenvalue weighted by atomic mass is 10.1. The Morgan fingerprint density at radius 2 is 1.83 bits per heavy atom. The molecule has 152 valence electrons. The average molecular weight is 398 g/mol. The lowest BCUT2D eigenvalue weighted by Gasteiger charge is -2.16. The van der Waals surface area contributed by atoms with Gasteiger partial charge in [0.05, 0.1) is 18.1 Å². The van der Waals surface area contributed by atoms with E-state index in [0.717, 1.165) is 5.56 Å². The number of hydrogen-bond acceptors (Lipinski definition) is 4. The quantitative estimate of drug-likeness (QED) is 0.728. The zero-order valence-corrected chi connectivity index (χ0v) is 16.2. The fourth-order valence-electron chi connectivity index (χ4n) is 3.23. The second kappa shape index (κ2) is 9.32. The topological polar surface area (TPSA) is 75.7 Å². The molecule has 6 nitrogen and oxygen atoms in total. The maximum atomic E-state index is 13.0. The molecular formula is C22H23FN2O4. The van der Waals surface area contributed by atoms with Crippen LogP contribution in [0.15, 0.2) is 48.5 Å². The summed E-state index contributed by atoms with van der Waals surface area (Å²) in [5.41, 5.74) is 1.90. The van der Waals surface area contributed by atoms with E-state index in [4.69, 9.17) is 4.74 Å². The number of ether oxygens (including phenoxy) is 1. The van der Waals surface area contributed by atoms with Gasteiger partial charge < -0.3 is 15.0 Å². The lowest BCUT2D eigenvalue weighted by Crippen LogP contribution is -2.30. The van der Waals surface area contributed by atoms with Gasteiger partial charge in [-0.2, -0.15) is 0 Å². The first kappa shape index (κ1) is 20.5. The van der Waals surface area contributed by atoms with Crippen molar-refractivity contribution < 1.29 is 23.5 Å². The Labute approximate surface area is 168 Å². The van der Waals surface area contributed by atoms with Gasteiger partial charge in [0.2, 0.25) is 11.8 Å². The number of benzene rings is 2. The molecule has 2 aromatic carbocycles. The van der Waals surface area contributed by atoms with Crippen molar-refractivity contribution in [1.82, 2.24) is 4.90 Å². The number of anilines is 1. The van der Waals surface area contributed by atoms with Gasteiger partial charge in [-0.3, -0.25) is 9.59 Å². The van der Waals surface area contributed by atoms with E-state index in [0.29, 0.717) is 37.4 Å². The van der Waals surface area contributed by atoms with E-state index in [1.165, 1.54) is 12.1 Å². The van der Waals surface area contributed by atoms with Gasteiger partial charge in [-0.25, -0.2) is 9.18 Å². The summed E-state index contributed by atoms with van der Waals surface area (Å²) in [7, 11) is 0. The number of hydrogen-bond donors (Lipinski definition) is 1. The van der Waals surface area contributed by atoms with Gasteiger partial charge in [0, 0.05) is 25.2 Å². The minimum atomic E-state index is -0.430. The smallest absolute Gasteiger partial charge is 0.338 e. The predicted octanol–water partition coefficient (Wildman–Crippen LogP) is 3.03. The standard InChI is InChI=1S/C22H23FN2O4/c1-2-29-22(28)16-5-9-19(10-6-16)24-21(27)17-13-20(26)25(14-17)12-11-15-3-7-18(23)8-4-15/h3-10,17H,2,11-14H2,1H3,(H,24,27)/t17-/m1/s1. The third-order valence-corrected chi connectivity index (χ3v) is 4.83. The van der Waals surface area contributed by atoms with Crippen molar-refractivity contribution in [2.45, 2.75) is 19.8 Å². The molecular weight excluding hydrogens is 375 g/mol. The number of carbonyl (C=O) groups excluding carboxylic acids is 3. The van der Waals surface area contributed by atoms with Crippen LogP contribution in [0.5, 0.6) is 0 Å². The summed E-state index contributed by atoms with van der Waals surface area (Å²) in [6, 6.07) is 12.6. The van der Waals surface area contributed by atoms with Crippen molar-refractivity contribution in [3.8, 4) is 0 Å². The highest BCUT2D eigenvalue weighted by Gasteiger charge is 2.34. The maximum absolute atomic E-state index is 13.0. The maximum Gasteiger partial charge on any atom is 0.338 e. The Balaban J connectivity index is 1.52. The summed E-state index contributed by atoms with van der Waals surface area (Å²) in [4.78, 5) is 38.1. The van der Waals surface area contributed by atoms with E-state index < -0.39 is 11.9 Å². The molecule has 0 aromatic heterocycles. The van der Waals surface area contributed by atoms with Gasteiger partial charge in [0.25, 0.3) is 0 Å². The summed E-state index contributed by atoms with van der Waals surface area (Å²) in [5.74, 6) is -1.43. The van der Waals surface area contributed by atoms with Crippen molar-refractivity contribution in [3.05, 3.63) is 65.5 Å². The van der Waals surface area contributed by atoms with Crippen LogP contribution < -0.4 is 5.32 Å². The summed E-state index contributed by atoms with van der Waals surface area (Å²) in [6.07, 6.45) is 0.770. The van der Waals surface area contributed by atoms with Gasteiger partial charge in [-0.1, -0.05) is 12.1 Å². The van der Waals surface area contributed by atoms with Crippen LogP contribution >= 0.6 is 0 Å². The van der Waals surface area contributed by atoms with Crippen LogP contribution in [0, 0.1) is 11.7 Å². The molecule has 2 aromatic rings. The molecule has 1 saturated heterocycles. The van der Waals surface area contributed by atoms with Crippen LogP contribution in [0.4, 0.5) is 10.1 Å². The van der Waals surface area contributed by atoms with E-state index in [9.17, 15) is 18.8 Å². The van der Waals surface area contributed by atoms with Crippen molar-refractivity contribution in [1.29, 1.82) is 0 Å². The zero-order chi connectivity index (χ0) is 20.8. The van der Waals surface area contributed by atoms with E-state index in [-0.39, 0.29) is 24.1 Å². The number of likely N-dealkylation sites (tertiary alicyclic amines) is 1. The second-order valence-electron chi connectivity index (χ2n) is 6.90. The Hall–Kier alpha value is -3.22. The van der Waals surface area contributed by atoms with Crippen molar-refractivity contribution in [3.63, 3.8) is 0 Å². The molecule has 1 heterocycles. The van der Waals surface area contributed by atoms with Crippen LogP contribution in [0.1, 0.15) is 29.3 Å². The van der Waals surface area contributed by atoms with Crippen LogP contribution in [0.3, 0.4) is 0 Å². The third-order valence-electron chi connectivity index (χ3n) is 4.83. The summed E-state index contributed by atoms with van der Waals surface area (Å²) >= 11 is 0. The number of amides is 2. The molecule has 0 aliphatic carbocycles. The monoisotopic (exact) mass is 398 g/mol. The number of nitrogens with zero attached hydrogens (tertiary/aromatic N) is 1. The van der Waals surface area contributed by atoms with Crippen molar-refractivity contribution in [2.24, 2.45) is 5.92 Å². The molecule has 1 fully saturated rings. The summed E-state index contributed by atoms with van der Waals surface area (Å²) in [6.45, 7) is 2.87. The van der Waals surface area contributed by atoms with Gasteiger partial charge >= 0.3 is 5.97 Å². The fourth-order valence-corrected chi connectivity index (χ4v) is 3.23. The molecule has 3 rings (SSSR count). The molecule has 0 spiro atoms. The zero-order valence-electron chi connectivity index (χ0n) is 16.2. The number of esters is 1.